The van der Waals surface area contributed by atoms with Gasteiger partial charge in [0.05, 0.1) is 12.1 Å². The Morgan fingerprint density at radius 1 is 1.14 bits per heavy atom. The summed E-state index contributed by atoms with van der Waals surface area (Å²) < 4.78 is 6.67. The first-order valence-electron chi connectivity index (χ1n) is 7.85. The predicted octanol–water partition coefficient (Wildman–Crippen LogP) is 4.04. The first kappa shape index (κ1) is 15.7. The Hall–Kier alpha value is -1.23. The van der Waals surface area contributed by atoms with Crippen LogP contribution in [0.4, 0.5) is 10.5 Å². The Morgan fingerprint density at radius 2 is 1.68 bits per heavy atom. The van der Waals surface area contributed by atoms with Gasteiger partial charge in [-0.25, -0.2) is 4.79 Å². The number of hydrogen-bond acceptors (Lipinski definition) is 3. The number of nitrogens with zero attached hydrogens (tertiary/aromatic N) is 2. The molecule has 0 radical (unpaired) electrons. The summed E-state index contributed by atoms with van der Waals surface area (Å²) in [5.41, 5.74) is 0.795. The highest BCUT2D eigenvalue weighted by Crippen LogP contribution is 2.34. The van der Waals surface area contributed by atoms with Gasteiger partial charge in [0.1, 0.15) is 5.60 Å². The minimum absolute atomic E-state index is 0.157. The predicted molar refractivity (Wildman–Crippen MR) is 91.2 cm³/mol. The Morgan fingerprint density at radius 3 is 2.18 bits per heavy atom. The van der Waals surface area contributed by atoms with Crippen LogP contribution in [-0.4, -0.2) is 41.8 Å². The molecule has 1 aromatic rings. The zero-order chi connectivity index (χ0) is 15.9. The average Bonchev–Trinajstić information content (AvgIpc) is 2.69. The molecule has 5 heteroatoms. The third-order valence-electron chi connectivity index (χ3n) is 4.28. The second kappa shape index (κ2) is 5.76. The fourth-order valence-corrected chi connectivity index (χ4v) is 3.64. The SMILES string of the molecule is CC(C)(C)OC(=O)N1[C@@H]2CC[C@H]1CN(c1ccc(Br)cc1)C2. The first-order chi connectivity index (χ1) is 10.3. The minimum Gasteiger partial charge on any atom is -0.444 e. The van der Waals surface area contributed by atoms with Crippen molar-refractivity contribution in [3.63, 3.8) is 0 Å². The van der Waals surface area contributed by atoms with Gasteiger partial charge in [-0.05, 0) is 57.9 Å². The standard InChI is InChI=1S/C17H23BrN2O2/c1-17(2,3)22-16(21)20-14-8-9-15(20)11-19(10-14)13-6-4-12(18)5-7-13/h4-7,14-15H,8-11H2,1-3H3/t14-,15+. The molecule has 120 valence electrons. The molecule has 0 unspecified atom stereocenters. The van der Waals surface area contributed by atoms with Gasteiger partial charge in [-0.15, -0.1) is 0 Å². The summed E-state index contributed by atoms with van der Waals surface area (Å²) in [5, 5.41) is 0. The van der Waals surface area contributed by atoms with Crippen molar-refractivity contribution in [1.29, 1.82) is 0 Å². The van der Waals surface area contributed by atoms with E-state index in [1.165, 1.54) is 5.69 Å². The molecule has 2 saturated heterocycles. The van der Waals surface area contributed by atoms with Crippen LogP contribution in [0.5, 0.6) is 0 Å². The molecule has 2 heterocycles. The monoisotopic (exact) mass is 366 g/mol. The molecule has 0 aromatic heterocycles. The van der Waals surface area contributed by atoms with Gasteiger partial charge < -0.3 is 9.64 Å². The Bertz CT molecular complexity index is 539. The zero-order valence-electron chi connectivity index (χ0n) is 13.4. The van der Waals surface area contributed by atoms with E-state index < -0.39 is 5.60 Å². The lowest BCUT2D eigenvalue weighted by Crippen LogP contribution is -2.56. The molecule has 0 N–H and O–H groups in total. The van der Waals surface area contributed by atoms with Crippen LogP contribution < -0.4 is 4.90 Å². The highest BCUT2D eigenvalue weighted by Gasteiger charge is 2.44. The minimum atomic E-state index is -0.431. The van der Waals surface area contributed by atoms with Crippen LogP contribution in [0.1, 0.15) is 33.6 Å². The topological polar surface area (TPSA) is 32.8 Å². The number of carbonyl (C=O) groups is 1. The number of rotatable bonds is 1. The van der Waals surface area contributed by atoms with Gasteiger partial charge in [0.15, 0.2) is 0 Å². The number of amides is 1. The third-order valence-corrected chi connectivity index (χ3v) is 4.81. The van der Waals surface area contributed by atoms with Crippen LogP contribution in [0.15, 0.2) is 28.7 Å². The number of halogens is 1. The van der Waals surface area contributed by atoms with Crippen molar-refractivity contribution in [2.75, 3.05) is 18.0 Å². The van der Waals surface area contributed by atoms with E-state index in [2.05, 4.69) is 45.1 Å². The highest BCUT2D eigenvalue weighted by atomic mass is 79.9. The van der Waals surface area contributed by atoms with E-state index in [0.717, 1.165) is 30.4 Å². The molecule has 0 aliphatic carbocycles. The molecule has 0 spiro atoms. The summed E-state index contributed by atoms with van der Waals surface area (Å²) in [4.78, 5) is 16.8. The maximum absolute atomic E-state index is 12.4. The number of benzene rings is 1. The van der Waals surface area contributed by atoms with Crippen molar-refractivity contribution >= 4 is 27.7 Å². The second-order valence-electron chi connectivity index (χ2n) is 7.15. The fourth-order valence-electron chi connectivity index (χ4n) is 3.38. The number of fused-ring (bicyclic) bond motifs is 2. The van der Waals surface area contributed by atoms with Gasteiger partial charge in [-0.2, -0.15) is 0 Å². The number of ether oxygens (including phenoxy) is 1. The molecule has 1 aromatic carbocycles. The summed E-state index contributed by atoms with van der Waals surface area (Å²) in [7, 11) is 0. The summed E-state index contributed by atoms with van der Waals surface area (Å²) in [6, 6.07) is 8.92. The highest BCUT2D eigenvalue weighted by molar-refractivity contribution is 9.10. The molecule has 3 rings (SSSR count). The maximum atomic E-state index is 12.4. The van der Waals surface area contributed by atoms with Gasteiger partial charge in [0.25, 0.3) is 0 Å². The number of carbonyl (C=O) groups excluding carboxylic acids is 1. The molecule has 2 aliphatic heterocycles. The Kier molecular flexibility index (Phi) is 4.10. The molecular formula is C17H23BrN2O2. The zero-order valence-corrected chi connectivity index (χ0v) is 15.0. The molecule has 2 atom stereocenters. The summed E-state index contributed by atoms with van der Waals surface area (Å²) in [6.45, 7) is 7.54. The van der Waals surface area contributed by atoms with E-state index in [1.807, 2.05) is 25.7 Å². The van der Waals surface area contributed by atoms with Crippen LogP contribution in [0.3, 0.4) is 0 Å². The quantitative estimate of drug-likeness (QED) is 0.751. The number of piperazine rings is 1. The van der Waals surface area contributed by atoms with Crippen molar-refractivity contribution in [3.8, 4) is 0 Å². The van der Waals surface area contributed by atoms with E-state index in [0.29, 0.717) is 0 Å². The van der Waals surface area contributed by atoms with Gasteiger partial charge in [-0.3, -0.25) is 4.90 Å². The summed E-state index contributed by atoms with van der Waals surface area (Å²) in [6.07, 6.45) is 1.98. The van der Waals surface area contributed by atoms with Crippen LogP contribution in [-0.2, 0) is 4.74 Å². The lowest BCUT2D eigenvalue weighted by molar-refractivity contribution is 0.0123. The molecular weight excluding hydrogens is 344 g/mol. The second-order valence-corrected chi connectivity index (χ2v) is 8.07. The third kappa shape index (κ3) is 3.24. The van der Waals surface area contributed by atoms with Gasteiger partial charge in [0, 0.05) is 23.2 Å². The Balaban J connectivity index is 1.71. The first-order valence-corrected chi connectivity index (χ1v) is 8.64. The lowest BCUT2D eigenvalue weighted by atomic mass is 10.1. The van der Waals surface area contributed by atoms with Crippen molar-refractivity contribution in [2.45, 2.75) is 51.3 Å². The van der Waals surface area contributed by atoms with Crippen LogP contribution in [0.2, 0.25) is 0 Å². The molecule has 2 aliphatic rings. The van der Waals surface area contributed by atoms with Gasteiger partial charge in [0.2, 0.25) is 0 Å². The molecule has 22 heavy (non-hydrogen) atoms. The molecule has 1 amide bonds. The van der Waals surface area contributed by atoms with E-state index in [1.54, 1.807) is 0 Å². The van der Waals surface area contributed by atoms with Crippen molar-refractivity contribution in [1.82, 2.24) is 4.90 Å². The molecule has 2 fully saturated rings. The van der Waals surface area contributed by atoms with E-state index in [9.17, 15) is 4.79 Å². The summed E-state index contributed by atoms with van der Waals surface area (Å²) in [5.74, 6) is 0. The number of anilines is 1. The molecule has 4 nitrogen and oxygen atoms in total. The van der Waals surface area contributed by atoms with Crippen LogP contribution in [0.25, 0.3) is 0 Å². The smallest absolute Gasteiger partial charge is 0.410 e. The van der Waals surface area contributed by atoms with Crippen LogP contribution in [0, 0.1) is 0 Å². The van der Waals surface area contributed by atoms with Crippen LogP contribution >= 0.6 is 15.9 Å². The van der Waals surface area contributed by atoms with Gasteiger partial charge >= 0.3 is 6.09 Å². The summed E-state index contributed by atoms with van der Waals surface area (Å²) >= 11 is 3.47. The number of hydrogen-bond donors (Lipinski definition) is 0. The van der Waals surface area contributed by atoms with E-state index in [-0.39, 0.29) is 18.2 Å². The largest absolute Gasteiger partial charge is 0.444 e. The lowest BCUT2D eigenvalue weighted by Gasteiger charge is -2.42. The fraction of sp³-hybridized carbons (Fsp3) is 0.588. The van der Waals surface area contributed by atoms with Crippen molar-refractivity contribution in [3.05, 3.63) is 28.7 Å². The van der Waals surface area contributed by atoms with Crippen molar-refractivity contribution < 1.29 is 9.53 Å². The normalized spacial score (nSPS) is 24.5. The molecule has 0 saturated carbocycles. The van der Waals surface area contributed by atoms with Crippen molar-refractivity contribution in [2.24, 2.45) is 0 Å². The van der Waals surface area contributed by atoms with E-state index >= 15 is 0 Å². The van der Waals surface area contributed by atoms with E-state index in [4.69, 9.17) is 4.74 Å². The average molecular weight is 367 g/mol. The molecule has 2 bridgehead atoms. The Labute approximate surface area is 140 Å². The van der Waals surface area contributed by atoms with Gasteiger partial charge in [-0.1, -0.05) is 15.9 Å². The maximum Gasteiger partial charge on any atom is 0.410 e.